The van der Waals surface area contributed by atoms with Gasteiger partial charge in [-0.1, -0.05) is 6.07 Å². The highest BCUT2D eigenvalue weighted by molar-refractivity contribution is 6.28. The van der Waals surface area contributed by atoms with Gasteiger partial charge in [-0.3, -0.25) is 14.9 Å². The van der Waals surface area contributed by atoms with Crippen molar-refractivity contribution in [1.82, 2.24) is 15.3 Å². The number of halogens is 1. The van der Waals surface area contributed by atoms with Gasteiger partial charge in [-0.15, -0.1) is 0 Å². The number of aromatic nitrogens is 2. The molecule has 9 heteroatoms. The van der Waals surface area contributed by atoms with Crippen LogP contribution in [-0.2, 0) is 0 Å². The Morgan fingerprint density at radius 2 is 2.19 bits per heavy atom. The predicted molar refractivity (Wildman–Crippen MR) is 76.8 cm³/mol. The summed E-state index contributed by atoms with van der Waals surface area (Å²) in [6.07, 6.45) is 1.01. The normalized spacial score (nSPS) is 10.0. The molecule has 0 saturated carbocycles. The lowest BCUT2D eigenvalue weighted by Gasteiger charge is -2.07. The second-order valence-corrected chi connectivity index (χ2v) is 4.25. The summed E-state index contributed by atoms with van der Waals surface area (Å²) in [5.41, 5.74) is 0.559. The summed E-state index contributed by atoms with van der Waals surface area (Å²) < 4.78 is 0. The van der Waals surface area contributed by atoms with Crippen molar-refractivity contribution in [1.29, 1.82) is 0 Å². The molecule has 1 amide bonds. The first-order valence-corrected chi connectivity index (χ1v) is 6.15. The van der Waals surface area contributed by atoms with E-state index in [0.29, 0.717) is 11.3 Å². The van der Waals surface area contributed by atoms with E-state index in [1.807, 2.05) is 0 Å². The summed E-state index contributed by atoms with van der Waals surface area (Å²) in [5.74, 6) is -0.317. The van der Waals surface area contributed by atoms with Crippen LogP contribution >= 0.6 is 11.6 Å². The molecule has 0 unspecified atom stereocenters. The molecule has 1 aromatic carbocycles. The molecule has 2 aromatic rings. The number of rotatable bonds is 4. The molecule has 0 radical (unpaired) electrons. The van der Waals surface area contributed by atoms with Crippen molar-refractivity contribution in [2.24, 2.45) is 0 Å². The van der Waals surface area contributed by atoms with Crippen molar-refractivity contribution in [3.63, 3.8) is 0 Å². The van der Waals surface area contributed by atoms with Gasteiger partial charge in [-0.2, -0.15) is 4.98 Å². The lowest BCUT2D eigenvalue weighted by atomic mass is 10.2. The topological polar surface area (TPSA) is 110 Å². The van der Waals surface area contributed by atoms with Crippen LogP contribution in [0.25, 0.3) is 0 Å². The fourth-order valence-corrected chi connectivity index (χ4v) is 1.73. The summed E-state index contributed by atoms with van der Waals surface area (Å²) in [6.45, 7) is 0. The zero-order valence-electron chi connectivity index (χ0n) is 10.8. The lowest BCUT2D eigenvalue weighted by Crippen LogP contribution is -2.17. The third kappa shape index (κ3) is 3.42. The van der Waals surface area contributed by atoms with E-state index in [1.165, 1.54) is 7.05 Å². The highest BCUT2D eigenvalue weighted by Crippen LogP contribution is 2.26. The van der Waals surface area contributed by atoms with Crippen LogP contribution < -0.4 is 10.6 Å². The molecule has 0 aliphatic heterocycles. The summed E-state index contributed by atoms with van der Waals surface area (Å²) in [6, 6.07) is 6.44. The smallest absolute Gasteiger partial charge is 0.329 e. The molecule has 0 aliphatic carbocycles. The molecule has 0 aliphatic rings. The highest BCUT2D eigenvalue weighted by Gasteiger charge is 2.17. The molecule has 2 rings (SSSR count). The van der Waals surface area contributed by atoms with E-state index in [0.717, 1.165) is 6.20 Å². The number of hydrogen-bond acceptors (Lipinski definition) is 6. The maximum absolute atomic E-state index is 11.6. The van der Waals surface area contributed by atoms with Gasteiger partial charge in [-0.05, 0) is 29.8 Å². The monoisotopic (exact) mass is 307 g/mol. The minimum atomic E-state index is -0.624. The molecular weight excluding hydrogens is 298 g/mol. The number of carbonyl (C=O) groups excluding carboxylic acids is 1. The van der Waals surface area contributed by atoms with Gasteiger partial charge in [0, 0.05) is 18.3 Å². The Morgan fingerprint density at radius 3 is 2.86 bits per heavy atom. The van der Waals surface area contributed by atoms with Gasteiger partial charge < -0.3 is 10.6 Å². The molecule has 0 bridgehead atoms. The van der Waals surface area contributed by atoms with Crippen LogP contribution in [0.3, 0.4) is 0 Å². The highest BCUT2D eigenvalue weighted by atomic mass is 35.5. The molecule has 2 N–H and O–H groups in total. The van der Waals surface area contributed by atoms with Gasteiger partial charge in [0.1, 0.15) is 6.20 Å². The van der Waals surface area contributed by atoms with Crippen molar-refractivity contribution < 1.29 is 9.72 Å². The van der Waals surface area contributed by atoms with Gasteiger partial charge in [0.15, 0.2) is 0 Å². The number of hydrogen-bond donors (Lipinski definition) is 2. The number of benzene rings is 1. The minimum Gasteiger partial charge on any atom is -0.355 e. The van der Waals surface area contributed by atoms with Crippen molar-refractivity contribution in [3.8, 4) is 0 Å². The Hall–Kier alpha value is -2.74. The van der Waals surface area contributed by atoms with Crippen LogP contribution in [0.15, 0.2) is 30.5 Å². The van der Waals surface area contributed by atoms with E-state index in [4.69, 9.17) is 11.6 Å². The van der Waals surface area contributed by atoms with Gasteiger partial charge in [0.25, 0.3) is 5.91 Å². The second kappa shape index (κ2) is 6.14. The fraction of sp³-hybridized carbons (Fsp3) is 0.0833. The van der Waals surface area contributed by atoms with Crippen molar-refractivity contribution in [2.75, 3.05) is 12.4 Å². The number of amides is 1. The van der Waals surface area contributed by atoms with Crippen molar-refractivity contribution in [3.05, 3.63) is 51.4 Å². The number of nitro groups is 1. The molecule has 1 heterocycles. The Labute approximate surface area is 124 Å². The Kier molecular flexibility index (Phi) is 4.29. The van der Waals surface area contributed by atoms with Crippen LogP contribution in [0.2, 0.25) is 5.28 Å². The first-order valence-electron chi connectivity index (χ1n) is 5.77. The van der Waals surface area contributed by atoms with E-state index in [-0.39, 0.29) is 22.7 Å². The van der Waals surface area contributed by atoms with Crippen molar-refractivity contribution in [2.45, 2.75) is 0 Å². The molecule has 0 atom stereocenters. The van der Waals surface area contributed by atoms with Crippen LogP contribution in [0.5, 0.6) is 0 Å². The average Bonchev–Trinajstić information content (AvgIpc) is 2.46. The Morgan fingerprint density at radius 1 is 1.43 bits per heavy atom. The van der Waals surface area contributed by atoms with Crippen LogP contribution in [0, 0.1) is 10.1 Å². The van der Waals surface area contributed by atoms with E-state index < -0.39 is 4.92 Å². The molecule has 0 fully saturated rings. The maximum atomic E-state index is 11.6. The lowest BCUT2D eigenvalue weighted by molar-refractivity contribution is -0.384. The van der Waals surface area contributed by atoms with E-state index >= 15 is 0 Å². The SMILES string of the molecule is CNC(=O)c1cccc(Nc2nc(Cl)ncc2[N+](=O)[O-])c1. The standard InChI is InChI=1S/C12H10ClN5O3/c1-14-11(19)7-3-2-4-8(5-7)16-10-9(18(20)21)6-15-12(13)17-10/h2-6H,1H3,(H,14,19)(H,15,16,17). The molecule has 108 valence electrons. The Bertz CT molecular complexity index is 707. The molecule has 0 saturated heterocycles. The molecule has 0 spiro atoms. The van der Waals surface area contributed by atoms with E-state index in [9.17, 15) is 14.9 Å². The first-order chi connectivity index (χ1) is 10.0. The third-order valence-corrected chi connectivity index (χ3v) is 2.73. The number of nitrogens with one attached hydrogen (secondary N) is 2. The molecular formula is C12H10ClN5O3. The fourth-order valence-electron chi connectivity index (χ4n) is 1.60. The van der Waals surface area contributed by atoms with Crippen LogP contribution in [0.4, 0.5) is 17.2 Å². The largest absolute Gasteiger partial charge is 0.355 e. The average molecular weight is 308 g/mol. The van der Waals surface area contributed by atoms with E-state index in [1.54, 1.807) is 24.3 Å². The predicted octanol–water partition coefficient (Wildman–Crippen LogP) is 2.14. The van der Waals surface area contributed by atoms with Crippen molar-refractivity contribution >= 4 is 34.7 Å². The van der Waals surface area contributed by atoms with Gasteiger partial charge in [-0.25, -0.2) is 4.98 Å². The number of carbonyl (C=O) groups is 1. The molecule has 1 aromatic heterocycles. The summed E-state index contributed by atoms with van der Waals surface area (Å²) in [4.78, 5) is 29.2. The number of anilines is 2. The van der Waals surface area contributed by atoms with E-state index in [2.05, 4.69) is 20.6 Å². The maximum Gasteiger partial charge on any atom is 0.329 e. The number of nitrogens with zero attached hydrogens (tertiary/aromatic N) is 3. The summed E-state index contributed by atoms with van der Waals surface area (Å²) in [5, 5.41) is 16.0. The van der Waals surface area contributed by atoms with Crippen LogP contribution in [0.1, 0.15) is 10.4 Å². The summed E-state index contributed by atoms with van der Waals surface area (Å²) in [7, 11) is 1.51. The van der Waals surface area contributed by atoms with Gasteiger partial charge in [0.2, 0.25) is 11.1 Å². The zero-order valence-corrected chi connectivity index (χ0v) is 11.6. The Balaban J connectivity index is 2.36. The van der Waals surface area contributed by atoms with Crippen LogP contribution in [-0.4, -0.2) is 27.8 Å². The molecule has 21 heavy (non-hydrogen) atoms. The minimum absolute atomic E-state index is 0.0472. The molecule has 8 nitrogen and oxygen atoms in total. The van der Waals surface area contributed by atoms with Gasteiger partial charge >= 0.3 is 5.69 Å². The quantitative estimate of drug-likeness (QED) is 0.508. The second-order valence-electron chi connectivity index (χ2n) is 3.91. The zero-order chi connectivity index (χ0) is 15.4. The summed E-state index contributed by atoms with van der Waals surface area (Å²) >= 11 is 5.64. The van der Waals surface area contributed by atoms with Gasteiger partial charge in [0.05, 0.1) is 4.92 Å². The first kappa shape index (κ1) is 14.7. The third-order valence-electron chi connectivity index (χ3n) is 2.55.